The first-order chi connectivity index (χ1) is 9.92. The highest BCUT2D eigenvalue weighted by Crippen LogP contribution is 2.43. The molecular formula is C18H30N2O. The van der Waals surface area contributed by atoms with Gasteiger partial charge < -0.3 is 15.4 Å². The maximum atomic E-state index is 6.64. The first kappa shape index (κ1) is 16.3. The number of hydrogen-bond acceptors (Lipinski definition) is 3. The van der Waals surface area contributed by atoms with Crippen molar-refractivity contribution in [2.24, 2.45) is 11.7 Å². The largest absolute Gasteiger partial charge is 0.487 e. The van der Waals surface area contributed by atoms with Crippen LogP contribution in [0.5, 0.6) is 5.75 Å². The van der Waals surface area contributed by atoms with Crippen LogP contribution in [-0.2, 0) is 6.42 Å². The molecular weight excluding hydrogens is 260 g/mol. The molecule has 0 radical (unpaired) electrons. The number of nitrogens with zero attached hydrogens (tertiary/aromatic N) is 1. The number of hydrogen-bond donors (Lipinski definition) is 1. The molecule has 1 heterocycles. The van der Waals surface area contributed by atoms with Crippen molar-refractivity contribution in [2.45, 2.75) is 52.7 Å². The van der Waals surface area contributed by atoms with Crippen molar-refractivity contribution >= 4 is 0 Å². The van der Waals surface area contributed by atoms with Crippen LogP contribution < -0.4 is 10.5 Å². The molecule has 118 valence electrons. The molecule has 1 aromatic carbocycles. The molecule has 21 heavy (non-hydrogen) atoms. The van der Waals surface area contributed by atoms with E-state index in [-0.39, 0.29) is 11.6 Å². The Morgan fingerprint density at radius 3 is 2.43 bits per heavy atom. The Morgan fingerprint density at radius 1 is 1.19 bits per heavy atom. The topological polar surface area (TPSA) is 38.5 Å². The van der Waals surface area contributed by atoms with Gasteiger partial charge in [-0.3, -0.25) is 0 Å². The molecule has 2 N–H and O–H groups in total. The van der Waals surface area contributed by atoms with Crippen LogP contribution in [0.1, 0.15) is 51.8 Å². The Hall–Kier alpha value is -1.06. The Bertz CT molecular complexity index is 480. The molecule has 2 unspecified atom stereocenters. The number of fused-ring (bicyclic) bond motifs is 1. The lowest BCUT2D eigenvalue weighted by Gasteiger charge is -2.45. The molecule has 0 saturated carbocycles. The predicted octanol–water partition coefficient (Wildman–Crippen LogP) is 3.38. The summed E-state index contributed by atoms with van der Waals surface area (Å²) < 4.78 is 6.29. The van der Waals surface area contributed by atoms with Crippen molar-refractivity contribution in [3.63, 3.8) is 0 Å². The molecule has 2 rings (SSSR count). The fraction of sp³-hybridized carbons (Fsp3) is 0.667. The molecule has 0 fully saturated rings. The highest BCUT2D eigenvalue weighted by molar-refractivity contribution is 5.42. The van der Waals surface area contributed by atoms with Crippen LogP contribution in [0.4, 0.5) is 0 Å². The fourth-order valence-electron chi connectivity index (χ4n) is 3.27. The Morgan fingerprint density at radius 2 is 1.86 bits per heavy atom. The van der Waals surface area contributed by atoms with Crippen molar-refractivity contribution in [1.82, 2.24) is 4.90 Å². The quantitative estimate of drug-likeness (QED) is 0.903. The maximum absolute atomic E-state index is 6.64. The zero-order valence-electron chi connectivity index (χ0n) is 14.1. The van der Waals surface area contributed by atoms with Gasteiger partial charge in [-0.15, -0.1) is 0 Å². The van der Waals surface area contributed by atoms with Gasteiger partial charge in [-0.05, 0) is 45.0 Å². The number of rotatable bonds is 5. The summed E-state index contributed by atoms with van der Waals surface area (Å²) in [6.45, 7) is 14.0. The monoisotopic (exact) mass is 290 g/mol. The predicted molar refractivity (Wildman–Crippen MR) is 88.7 cm³/mol. The third kappa shape index (κ3) is 3.24. The lowest BCUT2D eigenvalue weighted by molar-refractivity contribution is -0.00534. The average molecular weight is 290 g/mol. The van der Waals surface area contributed by atoms with Gasteiger partial charge in [0.1, 0.15) is 11.4 Å². The summed E-state index contributed by atoms with van der Waals surface area (Å²) in [7, 11) is 0. The molecule has 1 aliphatic rings. The molecule has 1 aromatic rings. The summed E-state index contributed by atoms with van der Waals surface area (Å²) in [4.78, 5) is 2.43. The highest BCUT2D eigenvalue weighted by Gasteiger charge is 2.42. The van der Waals surface area contributed by atoms with Crippen LogP contribution >= 0.6 is 0 Å². The van der Waals surface area contributed by atoms with E-state index >= 15 is 0 Å². The molecule has 0 saturated heterocycles. The molecule has 0 bridgehead atoms. The van der Waals surface area contributed by atoms with Gasteiger partial charge in [-0.25, -0.2) is 0 Å². The molecule has 2 atom stereocenters. The van der Waals surface area contributed by atoms with E-state index in [1.54, 1.807) is 0 Å². The number of aryl methyl sites for hydroxylation is 1. The normalized spacial score (nSPS) is 23.8. The van der Waals surface area contributed by atoms with E-state index < -0.39 is 0 Å². The van der Waals surface area contributed by atoms with Crippen molar-refractivity contribution in [3.8, 4) is 5.75 Å². The van der Waals surface area contributed by atoms with Crippen LogP contribution in [-0.4, -0.2) is 30.1 Å². The van der Waals surface area contributed by atoms with Crippen molar-refractivity contribution in [1.29, 1.82) is 0 Å². The standard InChI is InChI=1S/C18H30N2O/c1-6-13-9-10-16-14(11-13)17(19)15(18(4,5)21-16)12-20(7-2)8-3/h9-11,15,17H,6-8,12,19H2,1-5H3. The smallest absolute Gasteiger partial charge is 0.124 e. The van der Waals surface area contributed by atoms with Gasteiger partial charge in [0.15, 0.2) is 0 Å². The molecule has 0 aliphatic carbocycles. The van der Waals surface area contributed by atoms with Gasteiger partial charge in [0.2, 0.25) is 0 Å². The van der Waals surface area contributed by atoms with E-state index in [9.17, 15) is 0 Å². The van der Waals surface area contributed by atoms with Crippen molar-refractivity contribution < 1.29 is 4.74 Å². The molecule has 3 nitrogen and oxygen atoms in total. The van der Waals surface area contributed by atoms with Gasteiger partial charge in [-0.1, -0.05) is 32.9 Å². The number of benzene rings is 1. The lowest BCUT2D eigenvalue weighted by Crippen LogP contribution is -2.51. The van der Waals surface area contributed by atoms with E-state index in [1.807, 2.05) is 0 Å². The van der Waals surface area contributed by atoms with Crippen LogP contribution in [0.3, 0.4) is 0 Å². The first-order valence-corrected chi connectivity index (χ1v) is 8.22. The second-order valence-corrected chi connectivity index (χ2v) is 6.55. The molecule has 0 aromatic heterocycles. The minimum atomic E-state index is -0.233. The van der Waals surface area contributed by atoms with E-state index in [2.05, 4.69) is 57.7 Å². The zero-order valence-corrected chi connectivity index (χ0v) is 14.1. The average Bonchev–Trinajstić information content (AvgIpc) is 2.46. The summed E-state index contributed by atoms with van der Waals surface area (Å²) in [5.41, 5.74) is 8.91. The summed E-state index contributed by atoms with van der Waals surface area (Å²) in [6, 6.07) is 6.50. The van der Waals surface area contributed by atoms with Gasteiger partial charge in [0.05, 0.1) is 0 Å². The van der Waals surface area contributed by atoms with Gasteiger partial charge >= 0.3 is 0 Å². The van der Waals surface area contributed by atoms with Crippen molar-refractivity contribution in [2.75, 3.05) is 19.6 Å². The maximum Gasteiger partial charge on any atom is 0.124 e. The van der Waals surface area contributed by atoms with Crippen LogP contribution in [0.15, 0.2) is 18.2 Å². The van der Waals surface area contributed by atoms with Crippen LogP contribution in [0.2, 0.25) is 0 Å². The lowest BCUT2D eigenvalue weighted by atomic mass is 9.78. The van der Waals surface area contributed by atoms with Gasteiger partial charge in [0.25, 0.3) is 0 Å². The summed E-state index contributed by atoms with van der Waals surface area (Å²) in [5, 5.41) is 0. The molecule has 3 heteroatoms. The number of ether oxygens (including phenoxy) is 1. The van der Waals surface area contributed by atoms with E-state index in [0.717, 1.165) is 31.8 Å². The third-order valence-corrected chi connectivity index (χ3v) is 4.89. The third-order valence-electron chi connectivity index (χ3n) is 4.89. The summed E-state index contributed by atoms with van der Waals surface area (Å²) in [6.07, 6.45) is 1.03. The van der Waals surface area contributed by atoms with Gasteiger partial charge in [-0.2, -0.15) is 0 Å². The molecule has 1 aliphatic heterocycles. The summed E-state index contributed by atoms with van der Waals surface area (Å²) in [5.74, 6) is 1.26. The molecule has 0 amide bonds. The first-order valence-electron chi connectivity index (χ1n) is 8.22. The van der Waals surface area contributed by atoms with E-state index in [4.69, 9.17) is 10.5 Å². The second-order valence-electron chi connectivity index (χ2n) is 6.55. The van der Waals surface area contributed by atoms with E-state index in [1.165, 1.54) is 11.1 Å². The highest BCUT2D eigenvalue weighted by atomic mass is 16.5. The van der Waals surface area contributed by atoms with Crippen LogP contribution in [0.25, 0.3) is 0 Å². The van der Waals surface area contributed by atoms with Crippen LogP contribution in [0, 0.1) is 5.92 Å². The van der Waals surface area contributed by atoms with Crippen molar-refractivity contribution in [3.05, 3.63) is 29.3 Å². The fourth-order valence-corrected chi connectivity index (χ4v) is 3.27. The SMILES string of the molecule is CCc1ccc2c(c1)C(N)C(CN(CC)CC)C(C)(C)O2. The summed E-state index contributed by atoms with van der Waals surface area (Å²) >= 11 is 0. The molecule has 0 spiro atoms. The second kappa shape index (κ2) is 6.37. The number of nitrogens with two attached hydrogens (primary N) is 1. The Balaban J connectivity index is 2.33. The Kier molecular flexibility index (Phi) is 4.95. The van der Waals surface area contributed by atoms with E-state index in [0.29, 0.717) is 5.92 Å². The zero-order chi connectivity index (χ0) is 15.6. The minimum Gasteiger partial charge on any atom is -0.487 e. The van der Waals surface area contributed by atoms with Gasteiger partial charge in [0, 0.05) is 24.1 Å². The minimum absolute atomic E-state index is 0.0378. The Labute approximate surface area is 129 Å².